The van der Waals surface area contributed by atoms with Crippen LogP contribution in [0.5, 0.6) is 0 Å². The summed E-state index contributed by atoms with van der Waals surface area (Å²) in [6.45, 7) is 0. The molecule has 0 aromatic heterocycles. The zero-order valence-electron chi connectivity index (χ0n) is 4.24. The molecule has 0 rings (SSSR count). The number of rotatable bonds is 0. The van der Waals surface area contributed by atoms with Crippen molar-refractivity contribution < 1.29 is 76.9 Å². The van der Waals surface area contributed by atoms with Crippen molar-refractivity contribution in [1.29, 1.82) is 0 Å². The van der Waals surface area contributed by atoms with Crippen LogP contribution < -0.4 is 0 Å². The van der Waals surface area contributed by atoms with Crippen LogP contribution in [-0.4, -0.2) is 38.3 Å². The van der Waals surface area contributed by atoms with Crippen molar-refractivity contribution in [2.75, 3.05) is 0 Å². The molecule has 0 spiro atoms. The average molecular weight is 321 g/mol. The molecule has 0 bridgehead atoms. The molecule has 0 atom stereocenters. The van der Waals surface area contributed by atoms with Crippen molar-refractivity contribution in [3.63, 3.8) is 0 Å². The van der Waals surface area contributed by atoms with Gasteiger partial charge >= 0.3 is 0 Å². The zero-order valence-corrected chi connectivity index (χ0v) is 7.20. The Bertz CT molecular complexity index is 8.88. The molecule has 0 aliphatic rings. The Morgan fingerprint density at radius 1 is 0.333 bits per heavy atom. The first-order chi connectivity index (χ1) is 0. The summed E-state index contributed by atoms with van der Waals surface area (Å²) in [4.78, 5) is 0. The van der Waals surface area contributed by atoms with Crippen LogP contribution in [0.2, 0.25) is 0 Å². The second kappa shape index (κ2) is 381. The minimum absolute atomic E-state index is 0. The van der Waals surface area contributed by atoms with Gasteiger partial charge < -0.3 is 38.3 Å². The molecule has 0 unspecified atom stereocenters. The molecule has 0 aliphatic heterocycles. The van der Waals surface area contributed by atoms with Gasteiger partial charge in [-0.25, -0.2) is 0 Å². The largest absolute Gasteiger partial charge is 0.412 e. The molecule has 0 aromatic carbocycles. The maximum absolute atomic E-state index is 0. The van der Waals surface area contributed by atoms with Crippen LogP contribution >= 0.6 is 12.4 Å². The van der Waals surface area contributed by atoms with Crippen molar-refractivity contribution in [2.45, 2.75) is 0 Å². The van der Waals surface area contributed by atoms with Gasteiger partial charge in [0.25, 0.3) is 0 Å². The van der Waals surface area contributed by atoms with E-state index in [1.165, 1.54) is 0 Å². The zero-order chi connectivity index (χ0) is 0. The van der Waals surface area contributed by atoms with Crippen LogP contribution in [0.4, 0.5) is 0 Å². The maximum Gasteiger partial charge on any atom is 0 e. The van der Waals surface area contributed by atoms with Crippen molar-refractivity contribution in [3.8, 4) is 0 Å². The van der Waals surface area contributed by atoms with E-state index < -0.39 is 0 Å². The van der Waals surface area contributed by atoms with Gasteiger partial charge in [-0.15, -0.1) is 12.4 Å². The summed E-state index contributed by atoms with van der Waals surface area (Å²) in [6, 6.07) is 0. The van der Waals surface area contributed by atoms with Crippen LogP contribution in [0.15, 0.2) is 0 Å². The second-order valence-electron chi connectivity index (χ2n) is 0. The summed E-state index contributed by atoms with van der Waals surface area (Å²) in [5.41, 5.74) is 0. The van der Waals surface area contributed by atoms with Gasteiger partial charge in [-0.1, -0.05) is 0 Å². The van der Waals surface area contributed by atoms with E-state index in [9.17, 15) is 0 Å². The van der Waals surface area contributed by atoms with Crippen LogP contribution in [-0.2, 0) is 0 Å². The van der Waals surface area contributed by atoms with Crippen LogP contribution in [0.25, 0.3) is 0 Å². The van der Waals surface area contributed by atoms with E-state index >= 15 is 0 Å². The molecule has 0 saturated carbocycles. The van der Waals surface area contributed by atoms with Crippen molar-refractivity contribution in [1.82, 2.24) is 0 Å². The standard InChI is InChI=1S/ClH.7H2O.Tb/h1H;7*1H2;. The summed E-state index contributed by atoms with van der Waals surface area (Å²) in [5.74, 6) is 0. The Balaban J connectivity index is 0. The van der Waals surface area contributed by atoms with E-state index in [2.05, 4.69) is 0 Å². The van der Waals surface area contributed by atoms with Gasteiger partial charge in [0, 0.05) is 38.6 Å². The van der Waals surface area contributed by atoms with E-state index in [1.54, 1.807) is 0 Å². The number of hydrogen-bond acceptors (Lipinski definition) is 0. The minimum Gasteiger partial charge on any atom is -0.412 e. The summed E-state index contributed by atoms with van der Waals surface area (Å²) in [5, 5.41) is 0. The van der Waals surface area contributed by atoms with Gasteiger partial charge in [0.05, 0.1) is 0 Å². The molecule has 0 fully saturated rings. The van der Waals surface area contributed by atoms with E-state index in [1.807, 2.05) is 0 Å². The molecule has 73 valence electrons. The monoisotopic (exact) mass is 321 g/mol. The van der Waals surface area contributed by atoms with Crippen LogP contribution in [0.3, 0.4) is 0 Å². The molecule has 0 aromatic rings. The van der Waals surface area contributed by atoms with Gasteiger partial charge in [-0.05, 0) is 0 Å². The van der Waals surface area contributed by atoms with Gasteiger partial charge in [0.15, 0.2) is 0 Å². The van der Waals surface area contributed by atoms with E-state index in [0.29, 0.717) is 0 Å². The van der Waals surface area contributed by atoms with E-state index in [-0.39, 0.29) is 89.4 Å². The van der Waals surface area contributed by atoms with Gasteiger partial charge in [-0.3, -0.25) is 0 Å². The molecule has 7 nitrogen and oxygen atoms in total. The Hall–Kier alpha value is 1.30. The summed E-state index contributed by atoms with van der Waals surface area (Å²) >= 11 is 0. The van der Waals surface area contributed by atoms with Crippen LogP contribution in [0, 0.1) is 38.6 Å². The normalized spacial score (nSPS) is 0. The average Bonchev–Trinajstić information content (AvgIpc) is 0. The molecule has 0 heterocycles. The van der Waals surface area contributed by atoms with Gasteiger partial charge in [0.1, 0.15) is 0 Å². The van der Waals surface area contributed by atoms with Crippen LogP contribution in [0.1, 0.15) is 0 Å². The Morgan fingerprint density at radius 2 is 0.333 bits per heavy atom. The fraction of sp³-hybridized carbons (Fsp3) is 0. The minimum atomic E-state index is 0. The summed E-state index contributed by atoms with van der Waals surface area (Å²) < 4.78 is 0. The molecule has 9 heavy (non-hydrogen) atoms. The molecule has 0 saturated heterocycles. The molecular formula is H15ClO7Tb. The Morgan fingerprint density at radius 3 is 0.333 bits per heavy atom. The van der Waals surface area contributed by atoms with Crippen molar-refractivity contribution >= 4 is 12.4 Å². The maximum atomic E-state index is 0. The third kappa shape index (κ3) is 295. The number of halogens is 1. The predicted octanol–water partition coefficient (Wildman–Crippen LogP) is -5.35. The molecule has 9 heteroatoms. The predicted molar refractivity (Wildman–Crippen MR) is 32.5 cm³/mol. The Kier molecular flexibility index (Phi) is 22400. The third-order valence-electron chi connectivity index (χ3n) is 0. The third-order valence-corrected chi connectivity index (χ3v) is 0. The summed E-state index contributed by atoms with van der Waals surface area (Å²) in [7, 11) is 0. The SMILES string of the molecule is Cl.O.O.O.O.O.O.O.[Tb]. The smallest absolute Gasteiger partial charge is 0 e. The quantitative estimate of drug-likeness (QED) is 0.407. The second-order valence-corrected chi connectivity index (χ2v) is 0. The van der Waals surface area contributed by atoms with E-state index in [4.69, 9.17) is 0 Å². The fourth-order valence-electron chi connectivity index (χ4n) is 0. The van der Waals surface area contributed by atoms with E-state index in [0.717, 1.165) is 0 Å². The fourth-order valence-corrected chi connectivity index (χ4v) is 0. The van der Waals surface area contributed by atoms with Gasteiger partial charge in [-0.2, -0.15) is 0 Å². The summed E-state index contributed by atoms with van der Waals surface area (Å²) in [6.07, 6.45) is 0. The van der Waals surface area contributed by atoms with Crippen molar-refractivity contribution in [2.24, 2.45) is 0 Å². The molecular weight excluding hydrogens is 306 g/mol. The van der Waals surface area contributed by atoms with Crippen molar-refractivity contribution in [3.05, 3.63) is 0 Å². The Labute approximate surface area is 88.8 Å². The molecule has 0 aliphatic carbocycles. The van der Waals surface area contributed by atoms with Gasteiger partial charge in [0.2, 0.25) is 0 Å². The number of hydrogen-bond donors (Lipinski definition) is 0. The first-order valence-electron chi connectivity index (χ1n) is 0. The molecule has 0 amide bonds. The molecule has 1 radical (unpaired) electrons. The first-order valence-corrected chi connectivity index (χ1v) is 0. The molecule has 14 N–H and O–H groups in total. The first kappa shape index (κ1) is 530. The topological polar surface area (TPSA) is 220 Å².